The van der Waals surface area contributed by atoms with Gasteiger partial charge in [0, 0.05) is 12.4 Å². The van der Waals surface area contributed by atoms with Gasteiger partial charge in [0.25, 0.3) is 0 Å². The molecule has 2 nitrogen and oxygen atoms in total. The lowest BCUT2D eigenvalue weighted by Gasteiger charge is -1.99. The number of hydrogen-bond acceptors (Lipinski definition) is 2. The van der Waals surface area contributed by atoms with Crippen molar-refractivity contribution < 1.29 is 4.74 Å². The number of benzene rings is 1. The molecule has 0 saturated carbocycles. The van der Waals surface area contributed by atoms with Gasteiger partial charge in [-0.3, -0.25) is 4.98 Å². The molecule has 0 amide bonds. The van der Waals surface area contributed by atoms with E-state index in [2.05, 4.69) is 17.1 Å². The van der Waals surface area contributed by atoms with Gasteiger partial charge in [0.15, 0.2) is 0 Å². The molecule has 2 aromatic rings. The number of nitrogens with zero attached hydrogens (tertiary/aromatic N) is 1. The molecule has 0 saturated heterocycles. The monoisotopic (exact) mass is 211 g/mol. The van der Waals surface area contributed by atoms with Crippen molar-refractivity contribution in [3.05, 3.63) is 59.9 Å². The lowest BCUT2D eigenvalue weighted by molar-refractivity contribution is 0.414. The summed E-state index contributed by atoms with van der Waals surface area (Å²) < 4.78 is 5.16. The molecule has 2 heteroatoms. The largest absolute Gasteiger partial charge is 0.497 e. The third kappa shape index (κ3) is 2.70. The van der Waals surface area contributed by atoms with Crippen molar-refractivity contribution in [3.63, 3.8) is 0 Å². The molecular weight excluding hydrogens is 198 g/mol. The van der Waals surface area contributed by atoms with Crippen molar-refractivity contribution in [1.82, 2.24) is 4.98 Å². The molecule has 0 fully saturated rings. The zero-order chi connectivity index (χ0) is 11.2. The van der Waals surface area contributed by atoms with Gasteiger partial charge in [0.05, 0.1) is 7.11 Å². The first-order valence-electron chi connectivity index (χ1n) is 5.10. The highest BCUT2D eigenvalue weighted by Crippen LogP contribution is 2.14. The molecule has 2 rings (SSSR count). The van der Waals surface area contributed by atoms with Crippen molar-refractivity contribution >= 4 is 12.2 Å². The molecule has 80 valence electrons. The van der Waals surface area contributed by atoms with Crippen LogP contribution in [-0.4, -0.2) is 12.1 Å². The average Bonchev–Trinajstić information content (AvgIpc) is 2.38. The van der Waals surface area contributed by atoms with Gasteiger partial charge in [-0.1, -0.05) is 24.3 Å². The molecule has 0 atom stereocenters. The summed E-state index contributed by atoms with van der Waals surface area (Å²) in [5, 5.41) is 0. The fourth-order valence-electron chi connectivity index (χ4n) is 1.41. The van der Waals surface area contributed by atoms with Crippen molar-refractivity contribution in [3.8, 4) is 5.75 Å². The molecule has 0 radical (unpaired) electrons. The van der Waals surface area contributed by atoms with Gasteiger partial charge in [0.1, 0.15) is 5.75 Å². The number of rotatable bonds is 3. The van der Waals surface area contributed by atoms with Crippen LogP contribution in [0.15, 0.2) is 48.8 Å². The molecule has 0 spiro atoms. The molecule has 0 aliphatic heterocycles. The number of aromatic nitrogens is 1. The molecular formula is C14H13NO. The van der Waals surface area contributed by atoms with E-state index < -0.39 is 0 Å². The number of methoxy groups -OCH3 is 1. The second-order valence-electron chi connectivity index (χ2n) is 3.39. The number of hydrogen-bond donors (Lipinski definition) is 0. The van der Waals surface area contributed by atoms with E-state index in [0.717, 1.165) is 16.9 Å². The molecule has 1 aromatic heterocycles. The van der Waals surface area contributed by atoms with Gasteiger partial charge in [-0.2, -0.15) is 0 Å². The molecule has 0 N–H and O–H groups in total. The zero-order valence-corrected chi connectivity index (χ0v) is 9.13. The highest BCUT2D eigenvalue weighted by Gasteiger charge is 1.91. The van der Waals surface area contributed by atoms with E-state index in [0.29, 0.717) is 0 Å². The Hall–Kier alpha value is -2.09. The van der Waals surface area contributed by atoms with E-state index in [1.807, 2.05) is 36.4 Å². The predicted molar refractivity (Wildman–Crippen MR) is 66.2 cm³/mol. The topological polar surface area (TPSA) is 22.1 Å². The molecule has 1 heterocycles. The van der Waals surface area contributed by atoms with E-state index >= 15 is 0 Å². The van der Waals surface area contributed by atoms with E-state index in [9.17, 15) is 0 Å². The maximum atomic E-state index is 5.16. The standard InChI is InChI=1S/C14H13NO/c1-16-14-4-2-3-13(11-14)6-5-12-7-9-15-10-8-12/h2-11H,1H3. The minimum absolute atomic E-state index is 0.872. The van der Waals surface area contributed by atoms with Crippen LogP contribution in [0.2, 0.25) is 0 Å². The van der Waals surface area contributed by atoms with Crippen LogP contribution in [0.1, 0.15) is 11.1 Å². The first-order valence-corrected chi connectivity index (χ1v) is 5.10. The lowest BCUT2D eigenvalue weighted by Crippen LogP contribution is -1.82. The Morgan fingerprint density at radius 1 is 1.00 bits per heavy atom. The van der Waals surface area contributed by atoms with Gasteiger partial charge in [0.2, 0.25) is 0 Å². The second-order valence-corrected chi connectivity index (χ2v) is 3.39. The molecule has 0 bridgehead atoms. The maximum absolute atomic E-state index is 5.16. The fourth-order valence-corrected chi connectivity index (χ4v) is 1.41. The Balaban J connectivity index is 2.17. The summed E-state index contributed by atoms with van der Waals surface area (Å²) in [5.41, 5.74) is 2.26. The lowest BCUT2D eigenvalue weighted by atomic mass is 10.1. The molecule has 1 aromatic carbocycles. The van der Waals surface area contributed by atoms with Crippen molar-refractivity contribution in [2.45, 2.75) is 0 Å². The van der Waals surface area contributed by atoms with Crippen LogP contribution in [0.3, 0.4) is 0 Å². The average molecular weight is 211 g/mol. The Morgan fingerprint density at radius 3 is 2.50 bits per heavy atom. The van der Waals surface area contributed by atoms with Crippen LogP contribution < -0.4 is 4.74 Å². The van der Waals surface area contributed by atoms with Crippen molar-refractivity contribution in [2.75, 3.05) is 7.11 Å². The summed E-state index contributed by atoms with van der Waals surface area (Å²) in [6.45, 7) is 0. The first-order chi connectivity index (χ1) is 7.88. The Kier molecular flexibility index (Phi) is 3.34. The highest BCUT2D eigenvalue weighted by atomic mass is 16.5. The second kappa shape index (κ2) is 5.12. The third-order valence-corrected chi connectivity index (χ3v) is 2.27. The van der Waals surface area contributed by atoms with E-state index in [4.69, 9.17) is 4.74 Å². The van der Waals surface area contributed by atoms with Gasteiger partial charge in [-0.25, -0.2) is 0 Å². The zero-order valence-electron chi connectivity index (χ0n) is 9.13. The summed E-state index contributed by atoms with van der Waals surface area (Å²) in [6, 6.07) is 11.9. The van der Waals surface area contributed by atoms with Crippen LogP contribution >= 0.6 is 0 Å². The maximum Gasteiger partial charge on any atom is 0.119 e. The van der Waals surface area contributed by atoms with Crippen LogP contribution in [-0.2, 0) is 0 Å². The summed E-state index contributed by atoms with van der Waals surface area (Å²) in [6.07, 6.45) is 7.67. The quantitative estimate of drug-likeness (QED) is 0.777. The van der Waals surface area contributed by atoms with E-state index in [1.165, 1.54) is 0 Å². The third-order valence-electron chi connectivity index (χ3n) is 2.27. The highest BCUT2D eigenvalue weighted by molar-refractivity contribution is 5.69. The van der Waals surface area contributed by atoms with Crippen molar-refractivity contribution in [1.29, 1.82) is 0 Å². The van der Waals surface area contributed by atoms with Gasteiger partial charge >= 0.3 is 0 Å². The number of pyridine rings is 1. The Bertz CT molecular complexity index is 477. The van der Waals surface area contributed by atoms with Crippen LogP contribution in [0.25, 0.3) is 12.2 Å². The van der Waals surface area contributed by atoms with Gasteiger partial charge in [-0.15, -0.1) is 0 Å². The summed E-state index contributed by atoms with van der Waals surface area (Å²) in [4.78, 5) is 3.97. The first kappa shape index (κ1) is 10.4. The smallest absolute Gasteiger partial charge is 0.119 e. The summed E-state index contributed by atoms with van der Waals surface area (Å²) in [5.74, 6) is 0.872. The van der Waals surface area contributed by atoms with Crippen LogP contribution in [0.5, 0.6) is 5.75 Å². The fraction of sp³-hybridized carbons (Fsp3) is 0.0714. The molecule has 0 aliphatic carbocycles. The molecule has 0 aliphatic rings. The predicted octanol–water partition coefficient (Wildman–Crippen LogP) is 3.26. The van der Waals surface area contributed by atoms with Gasteiger partial charge in [-0.05, 0) is 35.4 Å². The van der Waals surface area contributed by atoms with Crippen molar-refractivity contribution in [2.24, 2.45) is 0 Å². The normalized spacial score (nSPS) is 10.6. The summed E-state index contributed by atoms with van der Waals surface area (Å²) in [7, 11) is 1.67. The minimum atomic E-state index is 0.872. The van der Waals surface area contributed by atoms with Crippen LogP contribution in [0, 0.1) is 0 Å². The Morgan fingerprint density at radius 2 is 1.75 bits per heavy atom. The molecule has 0 unspecified atom stereocenters. The van der Waals surface area contributed by atoms with E-state index in [1.54, 1.807) is 19.5 Å². The SMILES string of the molecule is COc1cccc(C=Cc2ccncc2)c1. The Labute approximate surface area is 95.2 Å². The molecule has 16 heavy (non-hydrogen) atoms. The summed E-state index contributed by atoms with van der Waals surface area (Å²) >= 11 is 0. The minimum Gasteiger partial charge on any atom is -0.497 e. The number of ether oxygens (including phenoxy) is 1. The van der Waals surface area contributed by atoms with E-state index in [-0.39, 0.29) is 0 Å². The van der Waals surface area contributed by atoms with Gasteiger partial charge < -0.3 is 4.74 Å². The van der Waals surface area contributed by atoms with Crippen LogP contribution in [0.4, 0.5) is 0 Å².